The SMILES string of the molecule is CNCc1cccc2c1OCCCO2. The van der Waals surface area contributed by atoms with Gasteiger partial charge in [0.25, 0.3) is 0 Å². The fourth-order valence-corrected chi connectivity index (χ4v) is 1.58. The topological polar surface area (TPSA) is 30.5 Å². The maximum absolute atomic E-state index is 5.67. The number of rotatable bonds is 2. The number of nitrogens with one attached hydrogen (secondary N) is 1. The molecule has 1 aromatic carbocycles. The van der Waals surface area contributed by atoms with E-state index in [1.54, 1.807) is 0 Å². The maximum Gasteiger partial charge on any atom is 0.165 e. The van der Waals surface area contributed by atoms with Gasteiger partial charge in [-0.2, -0.15) is 0 Å². The van der Waals surface area contributed by atoms with E-state index in [1.165, 1.54) is 0 Å². The largest absolute Gasteiger partial charge is 0.490 e. The van der Waals surface area contributed by atoms with Crippen molar-refractivity contribution >= 4 is 0 Å². The molecule has 1 N–H and O–H groups in total. The minimum absolute atomic E-state index is 0.744. The second-order valence-corrected chi connectivity index (χ2v) is 3.33. The summed E-state index contributed by atoms with van der Waals surface area (Å²) < 4.78 is 11.2. The molecule has 0 unspecified atom stereocenters. The van der Waals surface area contributed by atoms with Crippen molar-refractivity contribution in [2.75, 3.05) is 20.3 Å². The van der Waals surface area contributed by atoms with E-state index in [9.17, 15) is 0 Å². The van der Waals surface area contributed by atoms with Crippen LogP contribution in [0.4, 0.5) is 0 Å². The van der Waals surface area contributed by atoms with Crippen molar-refractivity contribution < 1.29 is 9.47 Å². The number of para-hydroxylation sites is 1. The molecule has 1 aliphatic rings. The lowest BCUT2D eigenvalue weighted by Crippen LogP contribution is -2.07. The summed E-state index contributed by atoms with van der Waals surface area (Å²) in [5.74, 6) is 1.77. The van der Waals surface area contributed by atoms with Crippen molar-refractivity contribution in [3.8, 4) is 11.5 Å². The van der Waals surface area contributed by atoms with Crippen LogP contribution in [-0.4, -0.2) is 20.3 Å². The first-order chi connectivity index (χ1) is 6.92. The van der Waals surface area contributed by atoms with E-state index in [0.29, 0.717) is 0 Å². The molecule has 0 saturated carbocycles. The maximum atomic E-state index is 5.67. The molecule has 3 heteroatoms. The van der Waals surface area contributed by atoms with Gasteiger partial charge >= 0.3 is 0 Å². The summed E-state index contributed by atoms with van der Waals surface area (Å²) in [7, 11) is 1.93. The standard InChI is InChI=1S/C11H15NO2/c1-12-8-9-4-2-5-10-11(9)14-7-3-6-13-10/h2,4-5,12H,3,6-8H2,1H3. The highest BCUT2D eigenvalue weighted by Gasteiger charge is 2.13. The van der Waals surface area contributed by atoms with Crippen LogP contribution in [0, 0.1) is 0 Å². The molecule has 14 heavy (non-hydrogen) atoms. The van der Waals surface area contributed by atoms with Gasteiger partial charge in [-0.05, 0) is 13.1 Å². The third-order valence-corrected chi connectivity index (χ3v) is 2.22. The Morgan fingerprint density at radius 1 is 1.29 bits per heavy atom. The summed E-state index contributed by atoms with van der Waals surface area (Å²) in [4.78, 5) is 0. The van der Waals surface area contributed by atoms with Gasteiger partial charge in [-0.3, -0.25) is 0 Å². The molecule has 0 spiro atoms. The van der Waals surface area contributed by atoms with Gasteiger partial charge in [0.1, 0.15) is 0 Å². The highest BCUT2D eigenvalue weighted by atomic mass is 16.5. The zero-order valence-corrected chi connectivity index (χ0v) is 8.38. The van der Waals surface area contributed by atoms with E-state index in [4.69, 9.17) is 9.47 Å². The van der Waals surface area contributed by atoms with Gasteiger partial charge in [0.05, 0.1) is 13.2 Å². The smallest absolute Gasteiger partial charge is 0.165 e. The first-order valence-corrected chi connectivity index (χ1v) is 4.94. The number of benzene rings is 1. The number of ether oxygens (including phenoxy) is 2. The lowest BCUT2D eigenvalue weighted by Gasteiger charge is -2.11. The Balaban J connectivity index is 2.32. The molecule has 76 valence electrons. The predicted octanol–water partition coefficient (Wildman–Crippen LogP) is 1.57. The van der Waals surface area contributed by atoms with Crippen LogP contribution < -0.4 is 14.8 Å². The van der Waals surface area contributed by atoms with Crippen LogP contribution in [0.2, 0.25) is 0 Å². The quantitative estimate of drug-likeness (QED) is 0.773. The summed E-state index contributed by atoms with van der Waals surface area (Å²) in [6.45, 7) is 2.30. The Morgan fingerprint density at radius 2 is 2.14 bits per heavy atom. The van der Waals surface area contributed by atoms with Gasteiger partial charge in [0, 0.05) is 18.5 Å². The first kappa shape index (κ1) is 9.34. The Kier molecular flexibility index (Phi) is 2.89. The van der Waals surface area contributed by atoms with E-state index in [-0.39, 0.29) is 0 Å². The van der Waals surface area contributed by atoms with E-state index < -0.39 is 0 Å². The van der Waals surface area contributed by atoms with Crippen LogP contribution in [0.5, 0.6) is 11.5 Å². The second-order valence-electron chi connectivity index (χ2n) is 3.33. The van der Waals surface area contributed by atoms with Gasteiger partial charge < -0.3 is 14.8 Å². The van der Waals surface area contributed by atoms with Crippen LogP contribution in [0.15, 0.2) is 18.2 Å². The first-order valence-electron chi connectivity index (χ1n) is 4.94. The van der Waals surface area contributed by atoms with Crippen LogP contribution in [0.1, 0.15) is 12.0 Å². The van der Waals surface area contributed by atoms with E-state index >= 15 is 0 Å². The van der Waals surface area contributed by atoms with Crippen molar-refractivity contribution in [2.24, 2.45) is 0 Å². The molecule has 1 aromatic rings. The Morgan fingerprint density at radius 3 is 3.00 bits per heavy atom. The van der Waals surface area contributed by atoms with Gasteiger partial charge in [-0.1, -0.05) is 12.1 Å². The van der Waals surface area contributed by atoms with E-state index in [0.717, 1.165) is 43.2 Å². The van der Waals surface area contributed by atoms with Gasteiger partial charge in [0.2, 0.25) is 0 Å². The molecule has 0 atom stereocenters. The molecular formula is C11H15NO2. The molecule has 0 aliphatic carbocycles. The molecule has 0 aromatic heterocycles. The molecule has 0 saturated heterocycles. The summed E-state index contributed by atoms with van der Waals surface area (Å²) in [6.07, 6.45) is 0.952. The molecular weight excluding hydrogens is 178 g/mol. The minimum atomic E-state index is 0.744. The molecule has 3 nitrogen and oxygen atoms in total. The van der Waals surface area contributed by atoms with Crippen molar-refractivity contribution in [3.63, 3.8) is 0 Å². The van der Waals surface area contributed by atoms with Crippen LogP contribution >= 0.6 is 0 Å². The second kappa shape index (κ2) is 4.33. The molecule has 0 bridgehead atoms. The molecule has 1 aliphatic heterocycles. The molecule has 1 heterocycles. The van der Waals surface area contributed by atoms with Gasteiger partial charge in [-0.15, -0.1) is 0 Å². The highest BCUT2D eigenvalue weighted by Crippen LogP contribution is 2.32. The number of hydrogen-bond donors (Lipinski definition) is 1. The minimum Gasteiger partial charge on any atom is -0.490 e. The zero-order valence-electron chi connectivity index (χ0n) is 8.38. The van der Waals surface area contributed by atoms with Crippen molar-refractivity contribution in [1.29, 1.82) is 0 Å². The Bertz CT molecular complexity index is 312. The summed E-state index contributed by atoms with van der Waals surface area (Å²) in [6, 6.07) is 6.02. The molecule has 0 radical (unpaired) electrons. The lowest BCUT2D eigenvalue weighted by atomic mass is 10.2. The average Bonchev–Trinajstić information content (AvgIpc) is 2.44. The lowest BCUT2D eigenvalue weighted by molar-refractivity contribution is 0.296. The monoisotopic (exact) mass is 193 g/mol. The van der Waals surface area contributed by atoms with Gasteiger partial charge in [0.15, 0.2) is 11.5 Å². The Hall–Kier alpha value is -1.22. The fourth-order valence-electron chi connectivity index (χ4n) is 1.58. The van der Waals surface area contributed by atoms with Crippen molar-refractivity contribution in [2.45, 2.75) is 13.0 Å². The predicted molar refractivity (Wildman–Crippen MR) is 54.8 cm³/mol. The third-order valence-electron chi connectivity index (χ3n) is 2.22. The molecule has 2 rings (SSSR count). The van der Waals surface area contributed by atoms with Crippen LogP contribution in [0.25, 0.3) is 0 Å². The Labute approximate surface area is 84.0 Å². The van der Waals surface area contributed by atoms with Crippen LogP contribution in [-0.2, 0) is 6.54 Å². The van der Waals surface area contributed by atoms with Gasteiger partial charge in [-0.25, -0.2) is 0 Å². The van der Waals surface area contributed by atoms with E-state index in [2.05, 4.69) is 11.4 Å². The summed E-state index contributed by atoms with van der Waals surface area (Å²) in [5, 5.41) is 3.12. The molecule has 0 amide bonds. The third kappa shape index (κ3) is 1.82. The van der Waals surface area contributed by atoms with Crippen molar-refractivity contribution in [3.05, 3.63) is 23.8 Å². The average molecular weight is 193 g/mol. The van der Waals surface area contributed by atoms with E-state index in [1.807, 2.05) is 19.2 Å². The fraction of sp³-hybridized carbons (Fsp3) is 0.455. The number of hydrogen-bond acceptors (Lipinski definition) is 3. The summed E-state index contributed by atoms with van der Waals surface area (Å²) >= 11 is 0. The normalized spacial score (nSPS) is 14.9. The summed E-state index contributed by atoms with van der Waals surface area (Å²) in [5.41, 5.74) is 1.16. The van der Waals surface area contributed by atoms with Crippen LogP contribution in [0.3, 0.4) is 0 Å². The molecule has 0 fully saturated rings. The zero-order chi connectivity index (χ0) is 9.80. The highest BCUT2D eigenvalue weighted by molar-refractivity contribution is 5.46. The van der Waals surface area contributed by atoms with Crippen molar-refractivity contribution in [1.82, 2.24) is 5.32 Å². The number of fused-ring (bicyclic) bond motifs is 1.